The molecule has 1 N–H and O–H groups in total. The number of anilines is 1. The molecule has 27 heavy (non-hydrogen) atoms. The van der Waals surface area contributed by atoms with Crippen molar-refractivity contribution < 1.29 is 17.6 Å². The third-order valence-electron chi connectivity index (χ3n) is 4.29. The van der Waals surface area contributed by atoms with Crippen LogP contribution >= 0.6 is 0 Å². The maximum Gasteiger partial charge on any atom is 0.261 e. The highest BCUT2D eigenvalue weighted by Crippen LogP contribution is 2.22. The van der Waals surface area contributed by atoms with Gasteiger partial charge in [0.15, 0.2) is 0 Å². The second-order valence-corrected chi connectivity index (χ2v) is 7.79. The van der Waals surface area contributed by atoms with Gasteiger partial charge in [-0.25, -0.2) is 8.42 Å². The highest BCUT2D eigenvalue weighted by Gasteiger charge is 2.21. The SMILES string of the molecule is CC(c1ccco1)N(C)C(=O)c1ccc(S(=O)(=O)Nc2ccccc2)cc1. The van der Waals surface area contributed by atoms with Crippen molar-refractivity contribution in [3.63, 3.8) is 0 Å². The molecule has 0 saturated heterocycles. The Kier molecular flexibility index (Phi) is 5.32. The largest absolute Gasteiger partial charge is 0.467 e. The minimum absolute atomic E-state index is 0.0876. The Bertz CT molecular complexity index is 998. The molecular formula is C20H20N2O4S. The van der Waals surface area contributed by atoms with Crippen LogP contribution < -0.4 is 4.72 Å². The van der Waals surface area contributed by atoms with Crippen molar-refractivity contribution in [1.29, 1.82) is 0 Å². The van der Waals surface area contributed by atoms with Gasteiger partial charge < -0.3 is 9.32 Å². The van der Waals surface area contributed by atoms with Crippen LogP contribution in [0, 0.1) is 0 Å². The predicted octanol–water partition coefficient (Wildman–Crippen LogP) is 3.91. The van der Waals surface area contributed by atoms with Gasteiger partial charge >= 0.3 is 0 Å². The number of nitrogens with one attached hydrogen (secondary N) is 1. The van der Waals surface area contributed by atoms with Crippen molar-refractivity contribution in [3.05, 3.63) is 84.3 Å². The fourth-order valence-corrected chi connectivity index (χ4v) is 3.65. The molecule has 7 heteroatoms. The van der Waals surface area contributed by atoms with Crippen LogP contribution in [0.15, 0.2) is 82.3 Å². The molecule has 1 atom stereocenters. The van der Waals surface area contributed by atoms with E-state index in [1.54, 1.807) is 60.7 Å². The van der Waals surface area contributed by atoms with Crippen LogP contribution in [0.5, 0.6) is 0 Å². The average Bonchev–Trinajstić information content (AvgIpc) is 3.21. The van der Waals surface area contributed by atoms with E-state index in [-0.39, 0.29) is 16.8 Å². The van der Waals surface area contributed by atoms with Gasteiger partial charge in [0.05, 0.1) is 17.2 Å². The van der Waals surface area contributed by atoms with E-state index in [1.165, 1.54) is 24.3 Å². The molecule has 1 amide bonds. The van der Waals surface area contributed by atoms with Crippen LogP contribution in [0.25, 0.3) is 0 Å². The minimum atomic E-state index is -3.72. The topological polar surface area (TPSA) is 79.6 Å². The number of carbonyl (C=O) groups is 1. The van der Waals surface area contributed by atoms with E-state index in [0.29, 0.717) is 17.0 Å². The van der Waals surface area contributed by atoms with Crippen molar-refractivity contribution in [3.8, 4) is 0 Å². The van der Waals surface area contributed by atoms with E-state index in [0.717, 1.165) is 0 Å². The van der Waals surface area contributed by atoms with Gasteiger partial charge in [0.2, 0.25) is 0 Å². The van der Waals surface area contributed by atoms with Crippen molar-refractivity contribution >= 4 is 21.6 Å². The first-order valence-corrected chi connectivity index (χ1v) is 9.85. The summed E-state index contributed by atoms with van der Waals surface area (Å²) in [6.45, 7) is 1.86. The minimum Gasteiger partial charge on any atom is -0.467 e. The number of hydrogen-bond donors (Lipinski definition) is 1. The van der Waals surface area contributed by atoms with Crippen LogP contribution in [-0.2, 0) is 10.0 Å². The van der Waals surface area contributed by atoms with Gasteiger partial charge in [0, 0.05) is 18.3 Å². The highest BCUT2D eigenvalue weighted by molar-refractivity contribution is 7.92. The van der Waals surface area contributed by atoms with E-state index in [1.807, 2.05) is 6.92 Å². The molecule has 140 valence electrons. The molecular weight excluding hydrogens is 364 g/mol. The maximum absolute atomic E-state index is 12.7. The van der Waals surface area contributed by atoms with Gasteiger partial charge in [-0.1, -0.05) is 18.2 Å². The number of sulfonamides is 1. The normalized spacial score (nSPS) is 12.4. The monoisotopic (exact) mass is 384 g/mol. The number of furan rings is 1. The fourth-order valence-electron chi connectivity index (χ4n) is 2.60. The van der Waals surface area contributed by atoms with Crippen molar-refractivity contribution in [1.82, 2.24) is 4.90 Å². The fraction of sp³-hybridized carbons (Fsp3) is 0.150. The molecule has 0 radical (unpaired) electrons. The van der Waals surface area contributed by atoms with Gasteiger partial charge in [-0.15, -0.1) is 0 Å². The highest BCUT2D eigenvalue weighted by atomic mass is 32.2. The van der Waals surface area contributed by atoms with Crippen molar-refractivity contribution in [2.45, 2.75) is 17.9 Å². The van der Waals surface area contributed by atoms with E-state index in [2.05, 4.69) is 4.72 Å². The molecule has 0 spiro atoms. The molecule has 0 bridgehead atoms. The maximum atomic E-state index is 12.7. The second kappa shape index (κ2) is 7.67. The van der Waals surface area contributed by atoms with Crippen LogP contribution in [0.2, 0.25) is 0 Å². The summed E-state index contributed by atoms with van der Waals surface area (Å²) in [6.07, 6.45) is 1.56. The smallest absolute Gasteiger partial charge is 0.261 e. The number of carbonyl (C=O) groups excluding carboxylic acids is 1. The summed E-state index contributed by atoms with van der Waals surface area (Å²) in [7, 11) is -2.04. The summed E-state index contributed by atoms with van der Waals surface area (Å²) in [5.74, 6) is 0.455. The van der Waals surface area contributed by atoms with Crippen molar-refractivity contribution in [2.24, 2.45) is 0 Å². The zero-order valence-electron chi connectivity index (χ0n) is 15.0. The molecule has 1 aromatic heterocycles. The third kappa shape index (κ3) is 4.20. The number of benzene rings is 2. The number of rotatable bonds is 6. The quantitative estimate of drug-likeness (QED) is 0.699. The van der Waals surface area contributed by atoms with Crippen LogP contribution in [0.4, 0.5) is 5.69 Å². The number of hydrogen-bond acceptors (Lipinski definition) is 4. The lowest BCUT2D eigenvalue weighted by Crippen LogP contribution is -2.29. The first-order valence-electron chi connectivity index (χ1n) is 8.37. The molecule has 2 aromatic carbocycles. The lowest BCUT2D eigenvalue weighted by Gasteiger charge is -2.23. The molecule has 0 fully saturated rings. The first kappa shape index (κ1) is 18.7. The summed E-state index contributed by atoms with van der Waals surface area (Å²) in [6, 6.07) is 17.8. The number of para-hydroxylation sites is 1. The summed E-state index contributed by atoms with van der Waals surface area (Å²) in [5, 5.41) is 0. The lowest BCUT2D eigenvalue weighted by molar-refractivity contribution is 0.0726. The van der Waals surface area contributed by atoms with E-state index in [9.17, 15) is 13.2 Å². The zero-order chi connectivity index (χ0) is 19.4. The van der Waals surface area contributed by atoms with E-state index < -0.39 is 10.0 Å². The summed E-state index contributed by atoms with van der Waals surface area (Å²) in [4.78, 5) is 14.3. The molecule has 3 rings (SSSR count). The summed E-state index contributed by atoms with van der Waals surface area (Å²) in [5.41, 5.74) is 0.874. The second-order valence-electron chi connectivity index (χ2n) is 6.10. The van der Waals surface area contributed by atoms with Gasteiger partial charge in [0.25, 0.3) is 15.9 Å². The molecule has 0 aliphatic rings. The number of nitrogens with zero attached hydrogens (tertiary/aromatic N) is 1. The Balaban J connectivity index is 1.75. The Labute approximate surface area is 158 Å². The van der Waals surface area contributed by atoms with E-state index in [4.69, 9.17) is 4.42 Å². The van der Waals surface area contributed by atoms with Gasteiger partial charge in [0.1, 0.15) is 5.76 Å². The lowest BCUT2D eigenvalue weighted by atomic mass is 10.1. The van der Waals surface area contributed by atoms with Crippen LogP contribution in [0.1, 0.15) is 29.1 Å². The predicted molar refractivity (Wildman–Crippen MR) is 103 cm³/mol. The Morgan fingerprint density at radius 2 is 1.67 bits per heavy atom. The molecule has 1 unspecified atom stereocenters. The third-order valence-corrected chi connectivity index (χ3v) is 5.69. The average molecular weight is 384 g/mol. The summed E-state index contributed by atoms with van der Waals surface area (Å²) >= 11 is 0. The zero-order valence-corrected chi connectivity index (χ0v) is 15.8. The molecule has 6 nitrogen and oxygen atoms in total. The molecule has 3 aromatic rings. The number of amides is 1. The standard InChI is InChI=1S/C20H20N2O4S/c1-15(19-9-6-14-26-19)22(2)20(23)16-10-12-18(13-11-16)27(24,25)21-17-7-4-3-5-8-17/h3-15,21H,1-2H3. The molecule has 0 aliphatic heterocycles. The van der Waals surface area contributed by atoms with Gasteiger partial charge in [-0.05, 0) is 55.5 Å². The van der Waals surface area contributed by atoms with Crippen molar-refractivity contribution in [2.75, 3.05) is 11.8 Å². The van der Waals surface area contributed by atoms with Crippen LogP contribution in [0.3, 0.4) is 0 Å². The van der Waals surface area contributed by atoms with Gasteiger partial charge in [-0.3, -0.25) is 9.52 Å². The van der Waals surface area contributed by atoms with Crippen LogP contribution in [-0.4, -0.2) is 26.3 Å². The van der Waals surface area contributed by atoms with Gasteiger partial charge in [-0.2, -0.15) is 0 Å². The molecule has 0 saturated carbocycles. The summed E-state index contributed by atoms with van der Waals surface area (Å²) < 4.78 is 32.8. The first-order chi connectivity index (χ1) is 12.9. The molecule has 0 aliphatic carbocycles. The Morgan fingerprint density at radius 3 is 2.26 bits per heavy atom. The Hall–Kier alpha value is -3.06. The molecule has 1 heterocycles. The Morgan fingerprint density at radius 1 is 1.00 bits per heavy atom. The van der Waals surface area contributed by atoms with E-state index >= 15 is 0 Å².